The van der Waals surface area contributed by atoms with Crippen molar-refractivity contribution in [3.63, 3.8) is 0 Å². The number of benzene rings is 1. The lowest BCUT2D eigenvalue weighted by molar-refractivity contribution is 0.0944. The second kappa shape index (κ2) is 8.61. The Labute approximate surface area is 155 Å². The van der Waals surface area contributed by atoms with Crippen LogP contribution in [0.25, 0.3) is 0 Å². The molecule has 0 fully saturated rings. The molecule has 1 heterocycles. The molecule has 0 radical (unpaired) electrons. The molecule has 1 aromatic heterocycles. The van der Waals surface area contributed by atoms with Crippen molar-refractivity contribution in [2.24, 2.45) is 5.92 Å². The fourth-order valence-corrected chi connectivity index (χ4v) is 2.61. The van der Waals surface area contributed by atoms with Crippen LogP contribution < -0.4 is 10.6 Å². The van der Waals surface area contributed by atoms with Gasteiger partial charge < -0.3 is 10.6 Å². The van der Waals surface area contributed by atoms with E-state index in [1.165, 1.54) is 12.3 Å². The fourth-order valence-electron chi connectivity index (χ4n) is 2.61. The summed E-state index contributed by atoms with van der Waals surface area (Å²) in [6.45, 7) is 10.8. The smallest absolute Gasteiger partial charge is 0.269 e. The molecule has 5 nitrogen and oxygen atoms in total. The van der Waals surface area contributed by atoms with E-state index in [0.29, 0.717) is 23.9 Å². The number of para-hydroxylation sites is 1. The second-order valence-electron chi connectivity index (χ2n) is 7.18. The average molecular weight is 353 g/mol. The first-order chi connectivity index (χ1) is 12.3. The van der Waals surface area contributed by atoms with Gasteiger partial charge in [0, 0.05) is 24.0 Å². The number of anilines is 1. The Morgan fingerprint density at radius 1 is 1.08 bits per heavy atom. The molecule has 2 aromatic rings. The Balaban J connectivity index is 2.21. The summed E-state index contributed by atoms with van der Waals surface area (Å²) in [5, 5.41) is 5.81. The third-order valence-corrected chi connectivity index (χ3v) is 4.09. The highest BCUT2D eigenvalue weighted by Crippen LogP contribution is 2.27. The Hall–Kier alpha value is -2.69. The van der Waals surface area contributed by atoms with Gasteiger partial charge in [-0.1, -0.05) is 45.9 Å². The van der Waals surface area contributed by atoms with Gasteiger partial charge in [0.2, 0.25) is 0 Å². The fraction of sp³-hybridized carbons (Fsp3) is 0.381. The third-order valence-electron chi connectivity index (χ3n) is 4.09. The van der Waals surface area contributed by atoms with Gasteiger partial charge in [-0.05, 0) is 42.0 Å². The van der Waals surface area contributed by atoms with Crippen LogP contribution in [0.5, 0.6) is 0 Å². The van der Waals surface area contributed by atoms with E-state index in [-0.39, 0.29) is 17.5 Å². The second-order valence-corrected chi connectivity index (χ2v) is 7.18. The molecule has 138 valence electrons. The molecular formula is C21H27N3O2. The van der Waals surface area contributed by atoms with Crippen molar-refractivity contribution in [2.45, 2.75) is 40.5 Å². The van der Waals surface area contributed by atoms with E-state index in [2.05, 4.69) is 29.5 Å². The largest absolute Gasteiger partial charge is 0.350 e. The minimum absolute atomic E-state index is 0.243. The Kier molecular flexibility index (Phi) is 6.50. The molecule has 2 rings (SSSR count). The first-order valence-electron chi connectivity index (χ1n) is 8.94. The highest BCUT2D eigenvalue weighted by Gasteiger charge is 2.15. The maximum atomic E-state index is 12.7. The van der Waals surface area contributed by atoms with Crippen LogP contribution in [-0.2, 0) is 0 Å². The molecule has 0 aliphatic rings. The van der Waals surface area contributed by atoms with Crippen molar-refractivity contribution in [3.05, 3.63) is 58.9 Å². The van der Waals surface area contributed by atoms with Crippen LogP contribution >= 0.6 is 0 Å². The van der Waals surface area contributed by atoms with Crippen LogP contribution in [0.1, 0.15) is 65.6 Å². The van der Waals surface area contributed by atoms with Crippen molar-refractivity contribution in [1.82, 2.24) is 10.3 Å². The third kappa shape index (κ3) is 4.91. The van der Waals surface area contributed by atoms with Gasteiger partial charge in [0.05, 0.1) is 0 Å². The van der Waals surface area contributed by atoms with E-state index in [1.54, 1.807) is 6.07 Å². The van der Waals surface area contributed by atoms with Crippen molar-refractivity contribution in [3.8, 4) is 0 Å². The lowest BCUT2D eigenvalue weighted by atomic mass is 9.98. The minimum Gasteiger partial charge on any atom is -0.350 e. The number of rotatable bonds is 6. The summed E-state index contributed by atoms with van der Waals surface area (Å²) in [6, 6.07) is 9.12. The summed E-state index contributed by atoms with van der Waals surface area (Å²) < 4.78 is 0. The minimum atomic E-state index is -0.271. The predicted octanol–water partition coefficient (Wildman–Crippen LogP) is 4.15. The van der Waals surface area contributed by atoms with Crippen LogP contribution in [-0.4, -0.2) is 23.3 Å². The number of nitrogens with one attached hydrogen (secondary N) is 2. The number of hydrogen-bond acceptors (Lipinski definition) is 3. The summed E-state index contributed by atoms with van der Waals surface area (Å²) in [7, 11) is 0. The molecule has 5 heteroatoms. The van der Waals surface area contributed by atoms with E-state index >= 15 is 0 Å². The first-order valence-corrected chi connectivity index (χ1v) is 8.94. The van der Waals surface area contributed by atoms with Gasteiger partial charge in [0.15, 0.2) is 0 Å². The van der Waals surface area contributed by atoms with E-state index in [4.69, 9.17) is 0 Å². The zero-order valence-corrected chi connectivity index (χ0v) is 16.1. The van der Waals surface area contributed by atoms with Crippen molar-refractivity contribution >= 4 is 17.5 Å². The van der Waals surface area contributed by atoms with Crippen molar-refractivity contribution in [1.29, 1.82) is 0 Å². The van der Waals surface area contributed by atoms with Gasteiger partial charge in [0.25, 0.3) is 11.8 Å². The van der Waals surface area contributed by atoms with E-state index in [0.717, 1.165) is 16.8 Å². The maximum Gasteiger partial charge on any atom is 0.269 e. The lowest BCUT2D eigenvalue weighted by Crippen LogP contribution is -2.28. The SMILES string of the molecule is Cc1cccc(C(C)C)c1NC(=O)c1ccnc(C(=O)NCC(C)C)c1. The summed E-state index contributed by atoms with van der Waals surface area (Å²) in [5.41, 5.74) is 3.57. The Morgan fingerprint density at radius 3 is 2.46 bits per heavy atom. The van der Waals surface area contributed by atoms with Crippen LogP contribution in [0, 0.1) is 12.8 Å². The summed E-state index contributed by atoms with van der Waals surface area (Å²) in [6.07, 6.45) is 1.49. The standard InChI is InChI=1S/C21H27N3O2/c1-13(2)12-23-21(26)18-11-16(9-10-22-18)20(25)24-19-15(5)7-6-8-17(19)14(3)4/h6-11,13-14H,12H2,1-5H3,(H,23,26)(H,24,25). The average Bonchev–Trinajstić information content (AvgIpc) is 2.61. The number of aryl methyl sites for hydroxylation is 1. The molecule has 1 aromatic carbocycles. The van der Waals surface area contributed by atoms with Crippen molar-refractivity contribution < 1.29 is 9.59 Å². The molecule has 0 unspecified atom stereocenters. The Morgan fingerprint density at radius 2 is 1.81 bits per heavy atom. The van der Waals surface area contributed by atoms with Gasteiger partial charge in [0.1, 0.15) is 5.69 Å². The van der Waals surface area contributed by atoms with Crippen LogP contribution in [0.2, 0.25) is 0 Å². The van der Waals surface area contributed by atoms with Crippen molar-refractivity contribution in [2.75, 3.05) is 11.9 Å². The Bertz CT molecular complexity index is 798. The number of carbonyl (C=O) groups is 2. The zero-order valence-electron chi connectivity index (χ0n) is 16.1. The lowest BCUT2D eigenvalue weighted by Gasteiger charge is -2.16. The highest BCUT2D eigenvalue weighted by molar-refractivity contribution is 6.06. The molecule has 0 atom stereocenters. The summed E-state index contributed by atoms with van der Waals surface area (Å²) in [5.74, 6) is 0.120. The molecule has 0 bridgehead atoms. The van der Waals surface area contributed by atoms with Gasteiger partial charge in [-0.3, -0.25) is 14.6 Å². The van der Waals surface area contributed by atoms with Gasteiger partial charge in [-0.25, -0.2) is 0 Å². The summed E-state index contributed by atoms with van der Waals surface area (Å²) in [4.78, 5) is 29.0. The molecule has 0 aliphatic heterocycles. The van der Waals surface area contributed by atoms with E-state index in [9.17, 15) is 9.59 Å². The number of carbonyl (C=O) groups excluding carboxylic acids is 2. The normalized spacial score (nSPS) is 10.9. The van der Waals surface area contributed by atoms with Crippen LogP contribution in [0.15, 0.2) is 36.5 Å². The molecule has 0 spiro atoms. The molecule has 2 amide bonds. The zero-order chi connectivity index (χ0) is 19.3. The highest BCUT2D eigenvalue weighted by atomic mass is 16.2. The van der Waals surface area contributed by atoms with Gasteiger partial charge >= 0.3 is 0 Å². The number of hydrogen-bond donors (Lipinski definition) is 2. The van der Waals surface area contributed by atoms with Gasteiger partial charge in [-0.15, -0.1) is 0 Å². The quantitative estimate of drug-likeness (QED) is 0.819. The first kappa shape index (κ1) is 19.6. The molecule has 0 saturated carbocycles. The number of pyridine rings is 1. The number of aromatic nitrogens is 1. The van der Waals surface area contributed by atoms with E-state index in [1.807, 2.05) is 39.0 Å². The monoisotopic (exact) mass is 353 g/mol. The number of nitrogens with zero attached hydrogens (tertiary/aromatic N) is 1. The maximum absolute atomic E-state index is 12.7. The van der Waals surface area contributed by atoms with E-state index < -0.39 is 0 Å². The molecule has 0 aliphatic carbocycles. The topological polar surface area (TPSA) is 71.1 Å². The molecule has 2 N–H and O–H groups in total. The van der Waals surface area contributed by atoms with Gasteiger partial charge in [-0.2, -0.15) is 0 Å². The summed E-state index contributed by atoms with van der Waals surface area (Å²) >= 11 is 0. The molecule has 26 heavy (non-hydrogen) atoms. The van der Waals surface area contributed by atoms with Crippen LogP contribution in [0.4, 0.5) is 5.69 Å². The predicted molar refractivity (Wildman–Crippen MR) is 105 cm³/mol. The van der Waals surface area contributed by atoms with Crippen LogP contribution in [0.3, 0.4) is 0 Å². The number of amides is 2. The molecule has 0 saturated heterocycles. The molecular weight excluding hydrogens is 326 g/mol.